The van der Waals surface area contributed by atoms with E-state index in [4.69, 9.17) is 16.3 Å². The predicted octanol–water partition coefficient (Wildman–Crippen LogP) is 4.02. The number of carbonyl (C=O) groups is 2. The van der Waals surface area contributed by atoms with Gasteiger partial charge < -0.3 is 9.64 Å². The first-order valence-electron chi connectivity index (χ1n) is 9.08. The van der Waals surface area contributed by atoms with Crippen LogP contribution in [0.1, 0.15) is 15.2 Å². The van der Waals surface area contributed by atoms with Gasteiger partial charge in [0.25, 0.3) is 15.9 Å². The van der Waals surface area contributed by atoms with E-state index in [1.807, 2.05) is 6.07 Å². The first-order chi connectivity index (χ1) is 14.7. The molecule has 0 fully saturated rings. The van der Waals surface area contributed by atoms with Gasteiger partial charge in [-0.25, -0.2) is 13.2 Å². The van der Waals surface area contributed by atoms with Crippen LogP contribution in [-0.4, -0.2) is 38.8 Å². The van der Waals surface area contributed by atoms with Crippen LogP contribution in [0.3, 0.4) is 0 Å². The third kappa shape index (κ3) is 6.30. The molecule has 0 aliphatic rings. The summed E-state index contributed by atoms with van der Waals surface area (Å²) in [4.78, 5) is 27.0. The van der Waals surface area contributed by atoms with Gasteiger partial charge >= 0.3 is 5.97 Å². The van der Waals surface area contributed by atoms with E-state index < -0.39 is 22.6 Å². The minimum Gasteiger partial charge on any atom is -0.452 e. The van der Waals surface area contributed by atoms with Crippen molar-refractivity contribution in [3.05, 3.63) is 81.5 Å². The van der Waals surface area contributed by atoms with Crippen molar-refractivity contribution in [2.75, 3.05) is 18.4 Å². The zero-order chi connectivity index (χ0) is 22.4. The number of hydrogen-bond acceptors (Lipinski definition) is 6. The lowest BCUT2D eigenvalue weighted by molar-refractivity contribution is -0.133. The molecular weight excluding hydrogens is 460 g/mol. The molecule has 3 rings (SSSR count). The van der Waals surface area contributed by atoms with Crippen LogP contribution in [-0.2, 0) is 26.1 Å². The van der Waals surface area contributed by atoms with Crippen LogP contribution in [0, 0.1) is 0 Å². The second kappa shape index (κ2) is 9.95. The van der Waals surface area contributed by atoms with Crippen LogP contribution >= 0.6 is 22.9 Å². The highest BCUT2D eigenvalue weighted by Crippen LogP contribution is 2.22. The van der Waals surface area contributed by atoms with Crippen molar-refractivity contribution in [3.63, 3.8) is 0 Å². The maximum absolute atomic E-state index is 12.4. The highest BCUT2D eigenvalue weighted by molar-refractivity contribution is 7.92. The maximum atomic E-state index is 12.4. The average Bonchev–Trinajstić information content (AvgIpc) is 3.16. The number of nitrogens with zero attached hydrogens (tertiary/aromatic N) is 1. The molecule has 2 aromatic carbocycles. The molecule has 0 unspecified atom stereocenters. The van der Waals surface area contributed by atoms with Crippen molar-refractivity contribution < 1.29 is 22.7 Å². The van der Waals surface area contributed by atoms with Crippen LogP contribution in [0.25, 0.3) is 0 Å². The summed E-state index contributed by atoms with van der Waals surface area (Å²) in [6, 6.07) is 17.3. The molecule has 31 heavy (non-hydrogen) atoms. The number of sulfonamides is 1. The van der Waals surface area contributed by atoms with Gasteiger partial charge in [0.1, 0.15) is 0 Å². The Morgan fingerprint density at radius 2 is 1.81 bits per heavy atom. The Kier molecular flexibility index (Phi) is 7.32. The topological polar surface area (TPSA) is 92.8 Å². The zero-order valence-electron chi connectivity index (χ0n) is 16.4. The van der Waals surface area contributed by atoms with Crippen molar-refractivity contribution >= 4 is 50.5 Å². The molecule has 10 heteroatoms. The Hall–Kier alpha value is -2.88. The lowest BCUT2D eigenvalue weighted by Gasteiger charge is -2.16. The number of likely N-dealkylation sites (N-methyl/N-ethyl adjacent to an activating group) is 1. The molecular formula is C21H19ClN2O5S2. The summed E-state index contributed by atoms with van der Waals surface area (Å²) in [6.07, 6.45) is 0. The SMILES string of the molecule is CN(Cc1ccc(Cl)s1)C(=O)COC(=O)c1cccc(NS(=O)(=O)c2ccccc2)c1. The second-order valence-electron chi connectivity index (χ2n) is 6.53. The Balaban J connectivity index is 1.59. The van der Waals surface area contributed by atoms with E-state index >= 15 is 0 Å². The van der Waals surface area contributed by atoms with Crippen molar-refractivity contribution in [1.29, 1.82) is 0 Å². The van der Waals surface area contributed by atoms with Crippen LogP contribution < -0.4 is 4.72 Å². The van der Waals surface area contributed by atoms with E-state index in [0.717, 1.165) is 4.88 Å². The summed E-state index contributed by atoms with van der Waals surface area (Å²) in [5.41, 5.74) is 0.324. The molecule has 7 nitrogen and oxygen atoms in total. The summed E-state index contributed by atoms with van der Waals surface area (Å²) >= 11 is 7.25. The van der Waals surface area contributed by atoms with Gasteiger partial charge in [0.2, 0.25) is 0 Å². The number of rotatable bonds is 8. The Morgan fingerprint density at radius 1 is 1.06 bits per heavy atom. The summed E-state index contributed by atoms with van der Waals surface area (Å²) < 4.78 is 33.0. The van der Waals surface area contributed by atoms with E-state index in [9.17, 15) is 18.0 Å². The molecule has 0 bridgehead atoms. The number of anilines is 1. The first-order valence-corrected chi connectivity index (χ1v) is 11.8. The smallest absolute Gasteiger partial charge is 0.338 e. The van der Waals surface area contributed by atoms with Gasteiger partial charge in [0.05, 0.1) is 21.3 Å². The van der Waals surface area contributed by atoms with Gasteiger partial charge in [-0.3, -0.25) is 9.52 Å². The monoisotopic (exact) mass is 478 g/mol. The highest BCUT2D eigenvalue weighted by Gasteiger charge is 2.17. The fraction of sp³-hybridized carbons (Fsp3) is 0.143. The molecule has 0 aliphatic heterocycles. The lowest BCUT2D eigenvalue weighted by Crippen LogP contribution is -2.30. The molecule has 1 heterocycles. The van der Waals surface area contributed by atoms with Crippen LogP contribution in [0.15, 0.2) is 71.6 Å². The minimum absolute atomic E-state index is 0.101. The number of amides is 1. The molecule has 0 atom stereocenters. The average molecular weight is 479 g/mol. The standard InChI is InChI=1S/C21H19ClN2O5S2/c1-24(13-17-10-11-19(22)30-17)20(25)14-29-21(26)15-6-5-7-16(12-15)23-31(27,28)18-8-3-2-4-9-18/h2-12,23H,13-14H2,1H3. The summed E-state index contributed by atoms with van der Waals surface area (Å²) in [5, 5.41) is 0. The summed E-state index contributed by atoms with van der Waals surface area (Å²) in [5.74, 6) is -1.11. The molecule has 0 radical (unpaired) electrons. The maximum Gasteiger partial charge on any atom is 0.338 e. The van der Waals surface area contributed by atoms with Crippen LogP contribution in [0.2, 0.25) is 4.34 Å². The molecule has 3 aromatic rings. The molecule has 1 amide bonds. The number of thiophene rings is 1. The van der Waals surface area contributed by atoms with Crippen molar-refractivity contribution in [2.45, 2.75) is 11.4 Å². The van der Waals surface area contributed by atoms with Gasteiger partial charge in [-0.15, -0.1) is 11.3 Å². The van der Waals surface area contributed by atoms with Gasteiger partial charge in [-0.05, 0) is 42.5 Å². The van der Waals surface area contributed by atoms with Gasteiger partial charge in [0.15, 0.2) is 6.61 Å². The number of esters is 1. The first kappa shape index (κ1) is 22.8. The third-order valence-electron chi connectivity index (χ3n) is 4.18. The Morgan fingerprint density at radius 3 is 2.48 bits per heavy atom. The summed E-state index contributed by atoms with van der Waals surface area (Å²) in [6.45, 7) is -0.0844. The molecule has 0 aliphatic carbocycles. The number of benzene rings is 2. The van der Waals surface area contributed by atoms with Gasteiger partial charge in [-0.1, -0.05) is 35.9 Å². The fourth-order valence-corrected chi connectivity index (χ4v) is 4.81. The Labute approximate surface area is 189 Å². The van der Waals surface area contributed by atoms with E-state index in [1.54, 1.807) is 31.3 Å². The zero-order valence-corrected chi connectivity index (χ0v) is 18.8. The predicted molar refractivity (Wildman–Crippen MR) is 120 cm³/mol. The van der Waals surface area contributed by atoms with Crippen LogP contribution in [0.5, 0.6) is 0 Å². The molecule has 0 saturated heterocycles. The van der Waals surface area contributed by atoms with Crippen LogP contribution in [0.4, 0.5) is 5.69 Å². The van der Waals surface area contributed by atoms with Crippen molar-refractivity contribution in [2.24, 2.45) is 0 Å². The molecule has 0 spiro atoms. The van der Waals surface area contributed by atoms with Crippen molar-refractivity contribution in [1.82, 2.24) is 4.90 Å². The Bertz CT molecular complexity index is 1180. The number of ether oxygens (including phenoxy) is 1. The lowest BCUT2D eigenvalue weighted by atomic mass is 10.2. The number of hydrogen-bond donors (Lipinski definition) is 1. The third-order valence-corrected chi connectivity index (χ3v) is 6.79. The van der Waals surface area contributed by atoms with E-state index in [2.05, 4.69) is 4.72 Å². The minimum atomic E-state index is -3.79. The number of nitrogens with one attached hydrogen (secondary N) is 1. The second-order valence-corrected chi connectivity index (χ2v) is 10.0. The molecule has 0 saturated carbocycles. The van der Waals surface area contributed by atoms with E-state index in [1.165, 1.54) is 52.6 Å². The van der Waals surface area contributed by atoms with Gasteiger partial charge in [0, 0.05) is 17.6 Å². The van der Waals surface area contributed by atoms with E-state index in [-0.39, 0.29) is 22.1 Å². The molecule has 1 aromatic heterocycles. The highest BCUT2D eigenvalue weighted by atomic mass is 35.5. The van der Waals surface area contributed by atoms with Crippen molar-refractivity contribution in [3.8, 4) is 0 Å². The number of carbonyl (C=O) groups excluding carboxylic acids is 2. The summed E-state index contributed by atoms with van der Waals surface area (Å²) in [7, 11) is -2.19. The quantitative estimate of drug-likeness (QED) is 0.493. The largest absolute Gasteiger partial charge is 0.452 e. The number of halogens is 1. The van der Waals surface area contributed by atoms with Gasteiger partial charge in [-0.2, -0.15) is 0 Å². The molecule has 162 valence electrons. The molecule has 1 N–H and O–H groups in total. The normalized spacial score (nSPS) is 11.0. The van der Waals surface area contributed by atoms with E-state index in [0.29, 0.717) is 10.9 Å². The fourth-order valence-electron chi connectivity index (χ4n) is 2.60.